The monoisotopic (exact) mass is 1100 g/mol. The second kappa shape index (κ2) is 47.1. The number of rotatable bonds is 30. The molecule has 0 aromatic carbocycles. The lowest BCUT2D eigenvalue weighted by Gasteiger charge is -2.30. The fourth-order valence-corrected chi connectivity index (χ4v) is 6.95. The highest BCUT2D eigenvalue weighted by atomic mass is 16.6. The van der Waals surface area contributed by atoms with Gasteiger partial charge in [0, 0.05) is 0 Å². The van der Waals surface area contributed by atoms with Crippen LogP contribution in [0.4, 0.5) is 28.8 Å². The van der Waals surface area contributed by atoms with Gasteiger partial charge in [0.2, 0.25) is 0 Å². The maximum atomic E-state index is 12.5. The van der Waals surface area contributed by atoms with E-state index >= 15 is 0 Å². The molecule has 2 unspecified atom stereocenters. The highest BCUT2D eigenvalue weighted by Crippen LogP contribution is 2.19. The van der Waals surface area contributed by atoms with Crippen LogP contribution in [0.1, 0.15) is 208 Å². The number of hydrogen-bond acceptors (Lipinski definition) is 12. The summed E-state index contributed by atoms with van der Waals surface area (Å²) in [6, 6.07) is -0.627. The van der Waals surface area contributed by atoms with E-state index in [4.69, 9.17) is 28.4 Å². The zero-order chi connectivity index (χ0) is 60.2. The van der Waals surface area contributed by atoms with Crippen LogP contribution in [-0.2, 0) is 28.4 Å². The number of unbranched alkanes of at least 4 members (excludes halogenated alkanes) is 1. The minimum absolute atomic E-state index is 0.243. The first-order valence-corrected chi connectivity index (χ1v) is 28.6. The van der Waals surface area contributed by atoms with Gasteiger partial charge in [0.05, 0.1) is 55.3 Å². The van der Waals surface area contributed by atoms with Crippen molar-refractivity contribution in [2.24, 2.45) is 11.8 Å². The Bertz CT molecular complexity index is 1790. The molecule has 6 amide bonds. The third-order valence-electron chi connectivity index (χ3n) is 10.9. The fourth-order valence-electron chi connectivity index (χ4n) is 6.95. The summed E-state index contributed by atoms with van der Waals surface area (Å²) in [4.78, 5) is 72.9. The molecule has 0 heterocycles. The largest absolute Gasteiger partial charge is 0.446 e. The molecule has 0 spiro atoms. The van der Waals surface area contributed by atoms with Crippen molar-refractivity contribution >= 4 is 36.6 Å². The van der Waals surface area contributed by atoms with Crippen molar-refractivity contribution in [2.75, 3.05) is 6.54 Å². The standard InChI is InChI=1S/3C20H36N2O4/c1-8-17(9-2)13-11-12-14-18(10-3)22(20(24)26-16(6)7)21-19(23)25-15(4)5;1-8-12-18(14-11-13-17(9-2)10-3)22(20(24)26-16(6)7)21-19(23)25-15(4)5;1-7-9-10-11-12-13-18(8-2)14-15-22(20(24)26-17(5)6)21-19(23)25-16(3)4/h8,12,14-18H,1,9-11,13H2,2-7H3,(H,21,23);8-9,12,15-18H,2,10-11,13-14H2,1,3-7H3,(H,21,23);9-10,14,16-17H,7-8,11-13,15H2,1-6H3,(H,21,23)/b14-12+;12-8+;10-9+,18-14+/t2*17-,18?;/m11./s1. The van der Waals surface area contributed by atoms with Crippen molar-refractivity contribution in [3.05, 3.63) is 73.4 Å². The Balaban J connectivity index is -0.00000108. The zero-order valence-corrected chi connectivity index (χ0v) is 51.5. The quantitative estimate of drug-likeness (QED) is 0.0266. The van der Waals surface area contributed by atoms with E-state index in [1.54, 1.807) is 83.1 Å². The van der Waals surface area contributed by atoms with Gasteiger partial charge in [-0.2, -0.15) is 0 Å². The first-order chi connectivity index (χ1) is 36.8. The first kappa shape index (κ1) is 76.3. The lowest BCUT2D eigenvalue weighted by Crippen LogP contribution is -2.52. The van der Waals surface area contributed by atoms with Crippen LogP contribution in [-0.4, -0.2) is 107 Å². The maximum Gasteiger partial charge on any atom is 0.429 e. The van der Waals surface area contributed by atoms with Gasteiger partial charge in [-0.05, 0) is 179 Å². The van der Waals surface area contributed by atoms with Crippen LogP contribution in [0.5, 0.6) is 0 Å². The van der Waals surface area contributed by atoms with Crippen molar-refractivity contribution in [2.45, 2.75) is 257 Å². The Morgan fingerprint density at radius 1 is 0.487 bits per heavy atom. The molecule has 450 valence electrons. The van der Waals surface area contributed by atoms with Gasteiger partial charge in [-0.3, -0.25) is 0 Å². The second-order valence-corrected chi connectivity index (χ2v) is 20.1. The molecule has 18 heteroatoms. The summed E-state index contributed by atoms with van der Waals surface area (Å²) < 4.78 is 31.0. The minimum Gasteiger partial charge on any atom is -0.446 e. The van der Waals surface area contributed by atoms with Crippen LogP contribution in [0.15, 0.2) is 73.4 Å². The zero-order valence-electron chi connectivity index (χ0n) is 51.5. The highest BCUT2D eigenvalue weighted by Gasteiger charge is 2.28. The number of ether oxygens (including phenoxy) is 6. The van der Waals surface area contributed by atoms with Gasteiger partial charge in [0.15, 0.2) is 0 Å². The smallest absolute Gasteiger partial charge is 0.429 e. The summed E-state index contributed by atoms with van der Waals surface area (Å²) in [5.74, 6) is 0.942. The summed E-state index contributed by atoms with van der Waals surface area (Å²) in [5.41, 5.74) is 8.74. The number of nitrogens with zero attached hydrogens (tertiary/aromatic N) is 3. The van der Waals surface area contributed by atoms with E-state index in [2.05, 4.69) is 69.3 Å². The molecule has 0 rings (SSSR count). The fraction of sp³-hybridized carbons (Fsp3) is 0.700. The molecule has 0 bridgehead atoms. The van der Waals surface area contributed by atoms with E-state index < -0.39 is 36.6 Å². The van der Waals surface area contributed by atoms with Crippen LogP contribution in [0.3, 0.4) is 0 Å². The number of nitrogens with one attached hydrogen (secondary N) is 3. The topological polar surface area (TPSA) is 204 Å². The SMILES string of the molecule is C=C[C@H](CC)CC/C=C/C(CC)N(NC(=O)OC(C)C)C(=O)OC(C)C.C=C[C@H](CC)CCCC(/C=C/C)N(NC(=O)OC(C)C)C(=O)OC(C)C.CC/C=C/CCC/C(=C/CN(NC(=O)OC(C)C)C(=O)OC(C)C)CC. The molecule has 4 atom stereocenters. The van der Waals surface area contributed by atoms with Crippen LogP contribution in [0.2, 0.25) is 0 Å². The lowest BCUT2D eigenvalue weighted by atomic mass is 9.97. The van der Waals surface area contributed by atoms with Crippen molar-refractivity contribution in [3.63, 3.8) is 0 Å². The number of amides is 6. The molecule has 78 heavy (non-hydrogen) atoms. The van der Waals surface area contributed by atoms with Gasteiger partial charge in [-0.15, -0.1) is 13.2 Å². The van der Waals surface area contributed by atoms with Gasteiger partial charge in [-0.25, -0.2) is 60.1 Å². The Morgan fingerprint density at radius 3 is 1.35 bits per heavy atom. The summed E-state index contributed by atoms with van der Waals surface area (Å²) >= 11 is 0. The van der Waals surface area contributed by atoms with E-state index in [9.17, 15) is 28.8 Å². The molecule has 18 nitrogen and oxygen atoms in total. The van der Waals surface area contributed by atoms with Crippen molar-refractivity contribution in [1.82, 2.24) is 31.3 Å². The van der Waals surface area contributed by atoms with Crippen molar-refractivity contribution in [3.8, 4) is 0 Å². The molecule has 3 N–H and O–H groups in total. The van der Waals surface area contributed by atoms with E-state index in [1.807, 2.05) is 56.4 Å². The average molecular weight is 1110 g/mol. The van der Waals surface area contributed by atoms with Crippen LogP contribution >= 0.6 is 0 Å². The predicted molar refractivity (Wildman–Crippen MR) is 314 cm³/mol. The third kappa shape index (κ3) is 41.2. The molecule has 0 radical (unpaired) electrons. The number of hydrogen-bond donors (Lipinski definition) is 3. The molecule has 0 saturated carbocycles. The van der Waals surface area contributed by atoms with Gasteiger partial charge in [-0.1, -0.05) is 101 Å². The second-order valence-electron chi connectivity index (χ2n) is 20.1. The molecular weight excluding hydrogens is 997 g/mol. The molecule has 0 fully saturated rings. The third-order valence-corrected chi connectivity index (χ3v) is 10.9. The molecule has 0 aromatic rings. The summed E-state index contributed by atoms with van der Waals surface area (Å²) in [6.45, 7) is 41.3. The number of carbonyl (C=O) groups is 6. The van der Waals surface area contributed by atoms with Gasteiger partial charge >= 0.3 is 36.6 Å². The van der Waals surface area contributed by atoms with E-state index in [-0.39, 0.29) is 55.3 Å². The van der Waals surface area contributed by atoms with Gasteiger partial charge in [0.1, 0.15) is 0 Å². The molecule has 0 saturated heterocycles. The van der Waals surface area contributed by atoms with Crippen molar-refractivity contribution < 1.29 is 57.2 Å². The Labute approximate surface area is 472 Å². The molecule has 0 aliphatic rings. The maximum absolute atomic E-state index is 12.5. The molecule has 0 aromatic heterocycles. The number of hydrazine groups is 3. The summed E-state index contributed by atoms with van der Waals surface area (Å²) in [7, 11) is 0. The van der Waals surface area contributed by atoms with Crippen LogP contribution in [0.25, 0.3) is 0 Å². The van der Waals surface area contributed by atoms with Crippen molar-refractivity contribution in [1.29, 1.82) is 0 Å². The highest BCUT2D eigenvalue weighted by molar-refractivity contribution is 5.76. The lowest BCUT2D eigenvalue weighted by molar-refractivity contribution is 0.0365. The molecule has 0 aliphatic heterocycles. The van der Waals surface area contributed by atoms with E-state index in [0.717, 1.165) is 75.6 Å². The summed E-state index contributed by atoms with van der Waals surface area (Å²) in [5, 5.41) is 3.57. The van der Waals surface area contributed by atoms with Crippen LogP contribution < -0.4 is 16.3 Å². The molecule has 0 aliphatic carbocycles. The van der Waals surface area contributed by atoms with Crippen LogP contribution in [0, 0.1) is 11.8 Å². The Kier molecular flexibility index (Phi) is 46.1. The van der Waals surface area contributed by atoms with E-state index in [1.165, 1.54) is 15.6 Å². The minimum atomic E-state index is -0.676. The Morgan fingerprint density at radius 2 is 0.936 bits per heavy atom. The van der Waals surface area contributed by atoms with Gasteiger partial charge in [0.25, 0.3) is 0 Å². The first-order valence-electron chi connectivity index (χ1n) is 28.6. The predicted octanol–water partition coefficient (Wildman–Crippen LogP) is 15.8. The Hall–Kier alpha value is -5.94. The van der Waals surface area contributed by atoms with Gasteiger partial charge < -0.3 is 28.4 Å². The van der Waals surface area contributed by atoms with E-state index in [0.29, 0.717) is 24.7 Å². The number of allylic oxidation sites excluding steroid dienone is 7. The molecular formula is C60H108N6O12. The normalized spacial score (nSPS) is 13.0. The average Bonchev–Trinajstić information content (AvgIpc) is 3.34. The summed E-state index contributed by atoms with van der Waals surface area (Å²) in [6.07, 6.45) is 24.7. The number of carbonyl (C=O) groups excluding carboxylic acids is 6.